The zero-order valence-electron chi connectivity index (χ0n) is 26.4. The number of hydrogen-bond acceptors (Lipinski definition) is 4. The second-order valence-electron chi connectivity index (χ2n) is 15.8. The van der Waals surface area contributed by atoms with Gasteiger partial charge in [0.1, 0.15) is 0 Å². The van der Waals surface area contributed by atoms with Gasteiger partial charge in [-0.1, -0.05) is 57.9 Å². The maximum absolute atomic E-state index is 14.6. The van der Waals surface area contributed by atoms with Crippen LogP contribution in [0.3, 0.4) is 0 Å². The van der Waals surface area contributed by atoms with Crippen LogP contribution in [0.2, 0.25) is 0 Å². The summed E-state index contributed by atoms with van der Waals surface area (Å²) in [6.45, 7) is 11.7. The standard InChI is InChI=1S/C36H49N2O4/c1-22(11-14-30-33(2,3)42-30)27-12-13-28-35(27,5)19-17-29-34(4)18-16-24(39)21-23(34)15-20-36(28,29)38-32(41)26-10-8-7-9-25(26)31(40)37(38)6/h7-10,15,20,22-24,27-30H,11-14,16-19,21H2,1-6H3/q-1/t22?,23?,24?,27?,28?,29?,30?,34?,35?,36-/m0/s1. The van der Waals surface area contributed by atoms with Crippen molar-refractivity contribution in [3.8, 4) is 0 Å². The molecule has 9 unspecified atom stereocenters. The van der Waals surface area contributed by atoms with Crippen molar-refractivity contribution in [3.05, 3.63) is 57.1 Å². The van der Waals surface area contributed by atoms with Gasteiger partial charge in [0, 0.05) is 7.05 Å². The summed E-state index contributed by atoms with van der Waals surface area (Å²) in [7, 11) is 1.80. The van der Waals surface area contributed by atoms with Gasteiger partial charge in [0.05, 0.1) is 28.0 Å². The van der Waals surface area contributed by atoms with Crippen molar-refractivity contribution in [1.29, 1.82) is 0 Å². The van der Waals surface area contributed by atoms with Crippen molar-refractivity contribution in [2.45, 2.75) is 116 Å². The molecule has 0 spiro atoms. The van der Waals surface area contributed by atoms with Crippen LogP contribution in [0.25, 0.3) is 10.8 Å². The Bertz CT molecular complexity index is 1550. The molecule has 1 aromatic heterocycles. The Balaban J connectivity index is 1.39. The lowest BCUT2D eigenvalue weighted by Gasteiger charge is -2.65. The predicted molar refractivity (Wildman–Crippen MR) is 164 cm³/mol. The van der Waals surface area contributed by atoms with Crippen LogP contribution in [-0.4, -0.2) is 27.2 Å². The minimum atomic E-state index is -0.598. The lowest BCUT2D eigenvalue weighted by atomic mass is 9.43. The smallest absolute Gasteiger partial charge is 0.274 e. The lowest BCUT2D eigenvalue weighted by Crippen LogP contribution is -2.67. The summed E-state index contributed by atoms with van der Waals surface area (Å²) in [6, 6.07) is 7.32. The van der Waals surface area contributed by atoms with Gasteiger partial charge in [-0.15, -0.1) is 6.10 Å². The Morgan fingerprint density at radius 2 is 1.60 bits per heavy atom. The first-order valence-corrected chi connectivity index (χ1v) is 16.6. The Kier molecular flexibility index (Phi) is 6.40. The molecule has 0 N–H and O–H groups in total. The van der Waals surface area contributed by atoms with E-state index in [1.807, 2.05) is 22.9 Å². The van der Waals surface area contributed by atoms with E-state index in [0.717, 1.165) is 44.9 Å². The Labute approximate surface area is 250 Å². The van der Waals surface area contributed by atoms with Gasteiger partial charge < -0.3 is 9.84 Å². The van der Waals surface area contributed by atoms with Crippen LogP contribution in [0.4, 0.5) is 0 Å². The first-order chi connectivity index (χ1) is 19.8. The number of hydrogen-bond donors (Lipinski definition) is 0. The molecule has 4 fully saturated rings. The van der Waals surface area contributed by atoms with Gasteiger partial charge in [-0.3, -0.25) is 9.59 Å². The van der Waals surface area contributed by atoms with Gasteiger partial charge in [0.25, 0.3) is 11.1 Å². The highest BCUT2D eigenvalue weighted by Gasteiger charge is 2.67. The van der Waals surface area contributed by atoms with Gasteiger partial charge in [-0.25, -0.2) is 9.36 Å². The average Bonchev–Trinajstić information content (AvgIpc) is 3.40. The number of aromatic nitrogens is 2. The average molecular weight is 574 g/mol. The van der Waals surface area contributed by atoms with E-state index < -0.39 is 11.6 Å². The molecule has 2 heterocycles. The molecule has 1 aromatic carbocycles. The van der Waals surface area contributed by atoms with Crippen molar-refractivity contribution in [2.24, 2.45) is 47.5 Å². The van der Waals surface area contributed by atoms with E-state index in [1.54, 1.807) is 17.8 Å². The summed E-state index contributed by atoms with van der Waals surface area (Å²) < 4.78 is 9.50. The van der Waals surface area contributed by atoms with Crippen LogP contribution >= 0.6 is 0 Å². The molecule has 10 atom stereocenters. The van der Waals surface area contributed by atoms with Gasteiger partial charge in [0.2, 0.25) is 0 Å². The number of rotatable bonds is 5. The maximum atomic E-state index is 14.6. The zero-order chi connectivity index (χ0) is 29.8. The number of fused-ring (bicyclic) bond motifs is 6. The van der Waals surface area contributed by atoms with E-state index >= 15 is 0 Å². The van der Waals surface area contributed by atoms with Crippen LogP contribution < -0.4 is 16.2 Å². The predicted octanol–water partition coefficient (Wildman–Crippen LogP) is 5.54. The molecule has 1 saturated heterocycles. The van der Waals surface area contributed by atoms with Crippen molar-refractivity contribution in [1.82, 2.24) is 9.36 Å². The number of epoxide rings is 1. The topological polar surface area (TPSA) is 79.6 Å². The Morgan fingerprint density at radius 1 is 0.952 bits per heavy atom. The molecule has 1 aliphatic heterocycles. The van der Waals surface area contributed by atoms with E-state index in [4.69, 9.17) is 4.74 Å². The van der Waals surface area contributed by atoms with Gasteiger partial charge in [-0.2, -0.15) is 0 Å². The SMILES string of the molecule is CC(CCC1OC1(C)C)C1CCC2C1(C)CCC1C3(C)CCC([O-])CC3C=C[C@@]12n1c(=O)c2ccccc2c(=O)n1C. The maximum Gasteiger partial charge on any atom is 0.274 e. The van der Waals surface area contributed by atoms with E-state index in [-0.39, 0.29) is 45.3 Å². The minimum absolute atomic E-state index is 0.0218. The molecular weight excluding hydrogens is 524 g/mol. The third kappa shape index (κ3) is 3.82. The summed E-state index contributed by atoms with van der Waals surface area (Å²) >= 11 is 0. The van der Waals surface area contributed by atoms with Crippen LogP contribution in [0, 0.1) is 40.4 Å². The fourth-order valence-electron chi connectivity index (χ4n) is 11.2. The van der Waals surface area contributed by atoms with Crippen molar-refractivity contribution < 1.29 is 9.84 Å². The number of ether oxygens (including phenoxy) is 1. The first-order valence-electron chi connectivity index (χ1n) is 16.6. The third-order valence-electron chi connectivity index (χ3n) is 13.5. The number of nitrogens with zero attached hydrogens (tertiary/aromatic N) is 2. The zero-order valence-corrected chi connectivity index (χ0v) is 26.4. The normalized spacial score (nSPS) is 42.5. The van der Waals surface area contributed by atoms with Crippen molar-refractivity contribution in [2.75, 3.05) is 0 Å². The van der Waals surface area contributed by atoms with Crippen LogP contribution in [-0.2, 0) is 17.3 Å². The molecule has 6 nitrogen and oxygen atoms in total. The number of allylic oxidation sites excluding steroid dienone is 2. The van der Waals surface area contributed by atoms with E-state index in [9.17, 15) is 14.7 Å². The molecule has 6 heteroatoms. The molecule has 7 rings (SSSR count). The second kappa shape index (κ2) is 9.41. The summed E-state index contributed by atoms with van der Waals surface area (Å²) in [5, 5.41) is 13.7. The van der Waals surface area contributed by atoms with E-state index in [0.29, 0.717) is 41.6 Å². The molecular formula is C36H49N2O4-. The van der Waals surface area contributed by atoms with Crippen LogP contribution in [0.15, 0.2) is 46.0 Å². The first kappa shape index (κ1) is 28.6. The van der Waals surface area contributed by atoms with E-state index in [2.05, 4.69) is 46.8 Å². The lowest BCUT2D eigenvalue weighted by molar-refractivity contribution is -0.432. The van der Waals surface area contributed by atoms with Gasteiger partial charge >= 0.3 is 0 Å². The summed E-state index contributed by atoms with van der Waals surface area (Å²) in [6.07, 6.45) is 13.4. The molecule has 0 radical (unpaired) electrons. The molecule has 5 aliphatic rings. The quantitative estimate of drug-likeness (QED) is 0.348. The molecule has 228 valence electrons. The third-order valence-corrected chi connectivity index (χ3v) is 13.5. The summed E-state index contributed by atoms with van der Waals surface area (Å²) in [4.78, 5) is 28.5. The van der Waals surface area contributed by atoms with Crippen LogP contribution in [0.5, 0.6) is 0 Å². The molecule has 2 aromatic rings. The molecule has 0 bridgehead atoms. The summed E-state index contributed by atoms with van der Waals surface area (Å²) in [5.41, 5.74) is -0.760. The fourth-order valence-corrected chi connectivity index (χ4v) is 11.2. The van der Waals surface area contributed by atoms with Crippen molar-refractivity contribution in [3.63, 3.8) is 0 Å². The van der Waals surface area contributed by atoms with Gasteiger partial charge in [0.15, 0.2) is 0 Å². The number of benzene rings is 1. The minimum Gasteiger partial charge on any atom is -0.852 e. The Hall–Kier alpha value is -2.18. The fraction of sp³-hybridized carbons (Fsp3) is 0.722. The van der Waals surface area contributed by atoms with Gasteiger partial charge in [-0.05, 0) is 111 Å². The highest BCUT2D eigenvalue weighted by molar-refractivity contribution is 5.80. The monoisotopic (exact) mass is 573 g/mol. The van der Waals surface area contributed by atoms with Crippen LogP contribution in [0.1, 0.15) is 92.4 Å². The highest BCUT2D eigenvalue weighted by atomic mass is 16.6. The molecule has 0 amide bonds. The Morgan fingerprint density at radius 3 is 2.29 bits per heavy atom. The molecule has 3 saturated carbocycles. The summed E-state index contributed by atoms with van der Waals surface area (Å²) in [5.74, 6) is 1.80. The molecule has 42 heavy (non-hydrogen) atoms. The van der Waals surface area contributed by atoms with Crippen molar-refractivity contribution >= 4 is 10.8 Å². The largest absolute Gasteiger partial charge is 0.852 e. The molecule has 4 aliphatic carbocycles. The highest BCUT2D eigenvalue weighted by Crippen LogP contribution is 2.70. The second-order valence-corrected chi connectivity index (χ2v) is 15.8. The van der Waals surface area contributed by atoms with E-state index in [1.165, 1.54) is 0 Å².